The number of aryl methyl sites for hydroxylation is 2. The number of carbonyl (C=O) groups is 1. The van der Waals surface area contributed by atoms with Gasteiger partial charge < -0.3 is 10.1 Å². The Morgan fingerprint density at radius 3 is 2.75 bits per heavy atom. The lowest BCUT2D eigenvalue weighted by molar-refractivity contribution is -0.120. The van der Waals surface area contributed by atoms with E-state index in [1.165, 1.54) is 0 Å². The highest BCUT2D eigenvalue weighted by atomic mass is 35.5. The van der Waals surface area contributed by atoms with E-state index in [2.05, 4.69) is 10.4 Å². The topological polar surface area (TPSA) is 56.1 Å². The fourth-order valence-electron chi connectivity index (χ4n) is 2.67. The number of hydrogen-bond acceptors (Lipinski definition) is 3. The van der Waals surface area contributed by atoms with Gasteiger partial charge in [-0.1, -0.05) is 11.6 Å². The van der Waals surface area contributed by atoms with Crippen LogP contribution in [0.3, 0.4) is 0 Å². The molecule has 1 heterocycles. The molecule has 1 N–H and O–H groups in total. The van der Waals surface area contributed by atoms with Crippen LogP contribution in [0.2, 0.25) is 5.02 Å². The van der Waals surface area contributed by atoms with Gasteiger partial charge in [0.1, 0.15) is 5.75 Å². The SMILES string of the molecule is CCOc1ccc(Cl)cc1CCNC(=O)Cc1c(C)nn(C)c1C. The van der Waals surface area contributed by atoms with Crippen LogP contribution in [0, 0.1) is 13.8 Å². The second kappa shape index (κ2) is 8.20. The van der Waals surface area contributed by atoms with Crippen molar-refractivity contribution in [2.45, 2.75) is 33.6 Å². The number of carbonyl (C=O) groups excluding carboxylic acids is 1. The molecule has 6 heteroatoms. The summed E-state index contributed by atoms with van der Waals surface area (Å²) in [5, 5.41) is 7.96. The number of amides is 1. The Morgan fingerprint density at radius 2 is 2.12 bits per heavy atom. The van der Waals surface area contributed by atoms with Crippen LogP contribution < -0.4 is 10.1 Å². The smallest absolute Gasteiger partial charge is 0.224 e. The summed E-state index contributed by atoms with van der Waals surface area (Å²) in [5.41, 5.74) is 3.92. The standard InChI is InChI=1S/C18H24ClN3O2/c1-5-24-17-7-6-15(19)10-14(17)8-9-20-18(23)11-16-12(2)21-22(4)13(16)3/h6-7,10H,5,8-9,11H2,1-4H3,(H,20,23). The molecule has 0 unspecified atom stereocenters. The van der Waals surface area contributed by atoms with Crippen molar-refractivity contribution in [1.82, 2.24) is 15.1 Å². The Labute approximate surface area is 148 Å². The van der Waals surface area contributed by atoms with Gasteiger partial charge in [-0.05, 0) is 51.0 Å². The van der Waals surface area contributed by atoms with Crippen LogP contribution in [-0.4, -0.2) is 28.8 Å². The maximum atomic E-state index is 12.2. The molecule has 2 rings (SSSR count). The fourth-order valence-corrected chi connectivity index (χ4v) is 2.87. The third-order valence-electron chi connectivity index (χ3n) is 4.04. The summed E-state index contributed by atoms with van der Waals surface area (Å²) in [6.07, 6.45) is 1.02. The number of aromatic nitrogens is 2. The summed E-state index contributed by atoms with van der Waals surface area (Å²) in [7, 11) is 1.89. The maximum Gasteiger partial charge on any atom is 0.224 e. The zero-order valence-corrected chi connectivity index (χ0v) is 15.4. The molecule has 0 fully saturated rings. The molecular weight excluding hydrogens is 326 g/mol. The van der Waals surface area contributed by atoms with Crippen molar-refractivity contribution in [3.8, 4) is 5.75 Å². The normalized spacial score (nSPS) is 10.7. The summed E-state index contributed by atoms with van der Waals surface area (Å²) in [5.74, 6) is 0.810. The molecule has 1 aromatic carbocycles. The first-order chi connectivity index (χ1) is 11.4. The van der Waals surface area contributed by atoms with Crippen LogP contribution in [0.4, 0.5) is 0 Å². The van der Waals surface area contributed by atoms with Crippen LogP contribution in [0.25, 0.3) is 0 Å². The van der Waals surface area contributed by atoms with Gasteiger partial charge in [0.25, 0.3) is 0 Å². The van der Waals surface area contributed by atoms with Crippen LogP contribution >= 0.6 is 11.6 Å². The molecule has 0 aliphatic rings. The van der Waals surface area contributed by atoms with E-state index in [9.17, 15) is 4.79 Å². The van der Waals surface area contributed by atoms with Crippen molar-refractivity contribution in [3.63, 3.8) is 0 Å². The average molecular weight is 350 g/mol. The van der Waals surface area contributed by atoms with Gasteiger partial charge in [-0.2, -0.15) is 5.10 Å². The Bertz CT molecular complexity index is 725. The van der Waals surface area contributed by atoms with Crippen molar-refractivity contribution in [3.05, 3.63) is 45.7 Å². The van der Waals surface area contributed by atoms with Crippen LogP contribution in [0.5, 0.6) is 5.75 Å². The van der Waals surface area contributed by atoms with Gasteiger partial charge in [0.2, 0.25) is 5.91 Å². The van der Waals surface area contributed by atoms with Gasteiger partial charge in [-0.15, -0.1) is 0 Å². The van der Waals surface area contributed by atoms with Gasteiger partial charge in [0, 0.05) is 29.9 Å². The lowest BCUT2D eigenvalue weighted by Gasteiger charge is -2.11. The van der Waals surface area contributed by atoms with E-state index in [-0.39, 0.29) is 5.91 Å². The Morgan fingerprint density at radius 1 is 1.38 bits per heavy atom. The molecule has 130 valence electrons. The van der Waals surface area contributed by atoms with Gasteiger partial charge in [-0.25, -0.2) is 0 Å². The number of benzene rings is 1. The summed E-state index contributed by atoms with van der Waals surface area (Å²) in [4.78, 5) is 12.2. The fraction of sp³-hybridized carbons (Fsp3) is 0.444. The Balaban J connectivity index is 1.92. The molecule has 2 aromatic rings. The molecule has 0 aliphatic heterocycles. The average Bonchev–Trinajstić information content (AvgIpc) is 2.76. The summed E-state index contributed by atoms with van der Waals surface area (Å²) >= 11 is 6.05. The largest absolute Gasteiger partial charge is 0.494 e. The molecule has 0 radical (unpaired) electrons. The first kappa shape index (κ1) is 18.3. The third kappa shape index (κ3) is 4.51. The van der Waals surface area contributed by atoms with E-state index in [4.69, 9.17) is 16.3 Å². The molecule has 1 amide bonds. The number of ether oxygens (including phenoxy) is 1. The lowest BCUT2D eigenvalue weighted by atomic mass is 10.1. The van der Waals surface area contributed by atoms with Gasteiger partial charge in [-0.3, -0.25) is 9.48 Å². The minimum absolute atomic E-state index is 0.00538. The molecule has 0 saturated heterocycles. The predicted octanol–water partition coefficient (Wildman–Crippen LogP) is 2.99. The molecule has 24 heavy (non-hydrogen) atoms. The lowest BCUT2D eigenvalue weighted by Crippen LogP contribution is -2.27. The summed E-state index contributed by atoms with van der Waals surface area (Å²) in [6.45, 7) is 6.98. The molecule has 1 aromatic heterocycles. The van der Waals surface area contributed by atoms with E-state index in [1.54, 1.807) is 4.68 Å². The molecule has 0 bridgehead atoms. The number of halogens is 1. The molecule has 0 saturated carbocycles. The maximum absolute atomic E-state index is 12.2. The second-order valence-electron chi connectivity index (χ2n) is 5.73. The van der Waals surface area contributed by atoms with E-state index in [0.717, 1.165) is 28.3 Å². The van der Waals surface area contributed by atoms with E-state index < -0.39 is 0 Å². The number of rotatable bonds is 7. The van der Waals surface area contributed by atoms with E-state index in [1.807, 2.05) is 46.0 Å². The number of hydrogen-bond donors (Lipinski definition) is 1. The molecule has 0 aliphatic carbocycles. The van der Waals surface area contributed by atoms with Crippen molar-refractivity contribution < 1.29 is 9.53 Å². The van der Waals surface area contributed by atoms with Crippen LogP contribution in [-0.2, 0) is 24.7 Å². The van der Waals surface area contributed by atoms with Crippen molar-refractivity contribution in [2.24, 2.45) is 7.05 Å². The van der Waals surface area contributed by atoms with Gasteiger partial charge in [0.15, 0.2) is 0 Å². The minimum atomic E-state index is -0.00538. The molecule has 5 nitrogen and oxygen atoms in total. The number of nitrogens with one attached hydrogen (secondary N) is 1. The quantitative estimate of drug-likeness (QED) is 0.836. The minimum Gasteiger partial charge on any atom is -0.494 e. The van der Waals surface area contributed by atoms with E-state index in [0.29, 0.717) is 31.0 Å². The summed E-state index contributed by atoms with van der Waals surface area (Å²) < 4.78 is 7.40. The molecule has 0 atom stereocenters. The third-order valence-corrected chi connectivity index (χ3v) is 4.27. The van der Waals surface area contributed by atoms with Crippen molar-refractivity contribution >= 4 is 17.5 Å². The zero-order chi connectivity index (χ0) is 17.7. The Kier molecular flexibility index (Phi) is 6.26. The van der Waals surface area contributed by atoms with Crippen LogP contribution in [0.1, 0.15) is 29.4 Å². The van der Waals surface area contributed by atoms with Gasteiger partial charge >= 0.3 is 0 Å². The highest BCUT2D eigenvalue weighted by Crippen LogP contribution is 2.23. The van der Waals surface area contributed by atoms with Crippen molar-refractivity contribution in [2.75, 3.05) is 13.2 Å². The zero-order valence-electron chi connectivity index (χ0n) is 14.6. The molecular formula is C18H24ClN3O2. The van der Waals surface area contributed by atoms with Gasteiger partial charge in [0.05, 0.1) is 18.7 Å². The first-order valence-electron chi connectivity index (χ1n) is 8.09. The highest BCUT2D eigenvalue weighted by Gasteiger charge is 2.13. The van der Waals surface area contributed by atoms with E-state index >= 15 is 0 Å². The molecule has 0 spiro atoms. The van der Waals surface area contributed by atoms with Crippen LogP contribution in [0.15, 0.2) is 18.2 Å². The monoisotopic (exact) mass is 349 g/mol. The number of nitrogens with zero attached hydrogens (tertiary/aromatic N) is 2. The second-order valence-corrected chi connectivity index (χ2v) is 6.17. The Hall–Kier alpha value is -2.01. The highest BCUT2D eigenvalue weighted by molar-refractivity contribution is 6.30. The first-order valence-corrected chi connectivity index (χ1v) is 8.47. The van der Waals surface area contributed by atoms with Crippen molar-refractivity contribution in [1.29, 1.82) is 0 Å². The summed E-state index contributed by atoms with van der Waals surface area (Å²) in [6, 6.07) is 5.56. The predicted molar refractivity (Wildman–Crippen MR) is 95.7 cm³/mol.